The monoisotopic (exact) mass is 435 g/mol. The van der Waals surface area contributed by atoms with E-state index in [1.165, 1.54) is 17.0 Å². The molecule has 1 unspecified atom stereocenters. The van der Waals surface area contributed by atoms with Gasteiger partial charge in [0.15, 0.2) is 6.10 Å². The molecule has 2 aromatic carbocycles. The number of carbonyl (C=O) groups excluding carboxylic acids is 1. The highest BCUT2D eigenvalue weighted by molar-refractivity contribution is 5.75. The van der Waals surface area contributed by atoms with Crippen molar-refractivity contribution in [2.24, 2.45) is 0 Å². The molecule has 5 nitrogen and oxygen atoms in total. The van der Waals surface area contributed by atoms with Crippen LogP contribution >= 0.6 is 0 Å². The van der Waals surface area contributed by atoms with Crippen molar-refractivity contribution >= 4 is 5.97 Å². The maximum atomic E-state index is 12.2. The van der Waals surface area contributed by atoms with E-state index in [0.29, 0.717) is 26.2 Å². The molecule has 0 N–H and O–H groups in total. The molecule has 0 saturated carbocycles. The Balaban J connectivity index is 1.56. The van der Waals surface area contributed by atoms with Crippen molar-refractivity contribution in [1.29, 1.82) is 0 Å². The van der Waals surface area contributed by atoms with Crippen LogP contribution in [0.3, 0.4) is 0 Å². The Morgan fingerprint density at radius 1 is 0.938 bits per heavy atom. The van der Waals surface area contributed by atoms with Crippen LogP contribution in [0.2, 0.25) is 0 Å². The molecule has 32 heavy (non-hydrogen) atoms. The van der Waals surface area contributed by atoms with Crippen LogP contribution < -0.4 is 4.74 Å². The average Bonchev–Trinajstić information content (AvgIpc) is 3.18. The van der Waals surface area contributed by atoms with Crippen LogP contribution in [0.15, 0.2) is 66.7 Å². The topological polar surface area (TPSA) is 49.7 Å². The van der Waals surface area contributed by atoms with Gasteiger partial charge in [-0.1, -0.05) is 49.4 Å². The Kier molecular flexibility index (Phi) is 8.93. The predicted octanol–water partition coefficient (Wildman–Crippen LogP) is 5.44. The van der Waals surface area contributed by atoms with E-state index in [0.717, 1.165) is 24.3 Å². The van der Waals surface area contributed by atoms with E-state index in [-0.39, 0.29) is 5.97 Å². The van der Waals surface area contributed by atoms with Gasteiger partial charge in [-0.05, 0) is 55.7 Å². The molecule has 0 amide bonds. The molecule has 1 atom stereocenters. The quantitative estimate of drug-likeness (QED) is 0.355. The summed E-state index contributed by atoms with van der Waals surface area (Å²) in [5.41, 5.74) is 4.62. The first-order valence-corrected chi connectivity index (χ1v) is 11.3. The number of hydrogen-bond acceptors (Lipinski definition) is 4. The van der Waals surface area contributed by atoms with E-state index in [2.05, 4.69) is 47.9 Å². The standard InChI is InChI=1S/C27H33NO4/c1-4-18-32-26(27(29)30-5-2)20-22-12-14-24(15-13-22)31-19-17-28-21(3)11-16-25(28)23-9-7-6-8-10-23/h6-16,26H,4-5,17-20H2,1-3H3. The molecule has 0 aliphatic rings. The van der Waals surface area contributed by atoms with Crippen LogP contribution in [0.4, 0.5) is 0 Å². The van der Waals surface area contributed by atoms with Gasteiger partial charge in [-0.3, -0.25) is 0 Å². The van der Waals surface area contributed by atoms with Crippen LogP contribution in [0.25, 0.3) is 11.3 Å². The maximum Gasteiger partial charge on any atom is 0.335 e. The van der Waals surface area contributed by atoms with Crippen LogP contribution in [-0.4, -0.2) is 36.5 Å². The Morgan fingerprint density at radius 2 is 1.69 bits per heavy atom. The summed E-state index contributed by atoms with van der Waals surface area (Å²) in [5.74, 6) is 0.500. The minimum absolute atomic E-state index is 0.308. The minimum atomic E-state index is -0.574. The second-order valence-electron chi connectivity index (χ2n) is 7.69. The highest BCUT2D eigenvalue weighted by Gasteiger charge is 2.20. The number of rotatable bonds is 12. The first kappa shape index (κ1) is 23.6. The minimum Gasteiger partial charge on any atom is -0.492 e. The van der Waals surface area contributed by atoms with E-state index in [9.17, 15) is 4.79 Å². The molecule has 0 radical (unpaired) electrons. The number of aromatic nitrogens is 1. The second-order valence-corrected chi connectivity index (χ2v) is 7.69. The number of hydrogen-bond donors (Lipinski definition) is 0. The molecular formula is C27H33NO4. The molecule has 1 aromatic heterocycles. The summed E-state index contributed by atoms with van der Waals surface area (Å²) >= 11 is 0. The fraction of sp³-hybridized carbons (Fsp3) is 0.370. The van der Waals surface area contributed by atoms with Gasteiger partial charge in [-0.15, -0.1) is 0 Å². The first-order valence-electron chi connectivity index (χ1n) is 11.3. The lowest BCUT2D eigenvalue weighted by molar-refractivity contribution is -0.156. The van der Waals surface area contributed by atoms with Gasteiger partial charge in [0.05, 0.1) is 13.2 Å². The molecule has 0 fully saturated rings. The normalized spacial score (nSPS) is 11.8. The van der Waals surface area contributed by atoms with Crippen molar-refractivity contribution in [3.63, 3.8) is 0 Å². The number of carbonyl (C=O) groups is 1. The summed E-state index contributed by atoms with van der Waals surface area (Å²) in [6, 6.07) is 22.5. The van der Waals surface area contributed by atoms with Crippen molar-refractivity contribution in [1.82, 2.24) is 4.57 Å². The molecule has 0 aliphatic carbocycles. The fourth-order valence-electron chi connectivity index (χ4n) is 3.62. The van der Waals surface area contributed by atoms with Crippen molar-refractivity contribution in [3.05, 3.63) is 78.0 Å². The van der Waals surface area contributed by atoms with Gasteiger partial charge >= 0.3 is 5.97 Å². The third-order valence-corrected chi connectivity index (χ3v) is 5.27. The SMILES string of the molecule is CCCOC(Cc1ccc(OCCn2c(C)ccc2-c2ccccc2)cc1)C(=O)OCC. The van der Waals surface area contributed by atoms with Crippen LogP contribution in [0, 0.1) is 6.92 Å². The lowest BCUT2D eigenvalue weighted by Gasteiger charge is -2.16. The summed E-state index contributed by atoms with van der Waals surface area (Å²) in [6.45, 7) is 8.16. The van der Waals surface area contributed by atoms with Gasteiger partial charge in [0.1, 0.15) is 12.4 Å². The van der Waals surface area contributed by atoms with Crippen LogP contribution in [-0.2, 0) is 27.2 Å². The summed E-state index contributed by atoms with van der Waals surface area (Å²) in [7, 11) is 0. The zero-order chi connectivity index (χ0) is 22.8. The molecule has 0 spiro atoms. The number of nitrogens with zero attached hydrogens (tertiary/aromatic N) is 1. The van der Waals surface area contributed by atoms with Gasteiger partial charge in [0.2, 0.25) is 0 Å². The maximum absolute atomic E-state index is 12.2. The van der Waals surface area contributed by atoms with E-state index >= 15 is 0 Å². The molecule has 5 heteroatoms. The summed E-state index contributed by atoms with van der Waals surface area (Å²) in [5, 5.41) is 0. The Morgan fingerprint density at radius 3 is 2.38 bits per heavy atom. The average molecular weight is 436 g/mol. The van der Waals surface area contributed by atoms with Crippen molar-refractivity contribution in [2.75, 3.05) is 19.8 Å². The molecule has 170 valence electrons. The zero-order valence-corrected chi connectivity index (χ0v) is 19.3. The van der Waals surface area contributed by atoms with E-state index < -0.39 is 6.10 Å². The van der Waals surface area contributed by atoms with Crippen molar-refractivity contribution < 1.29 is 19.0 Å². The van der Waals surface area contributed by atoms with E-state index in [4.69, 9.17) is 14.2 Å². The Hall–Kier alpha value is -3.05. The number of aryl methyl sites for hydroxylation is 1. The summed E-state index contributed by atoms with van der Waals surface area (Å²) < 4.78 is 19.1. The summed E-state index contributed by atoms with van der Waals surface area (Å²) in [4.78, 5) is 12.2. The highest BCUT2D eigenvalue weighted by atomic mass is 16.6. The van der Waals surface area contributed by atoms with E-state index in [1.807, 2.05) is 37.3 Å². The van der Waals surface area contributed by atoms with Gasteiger partial charge in [0.25, 0.3) is 0 Å². The third kappa shape index (κ3) is 6.47. The van der Waals surface area contributed by atoms with Gasteiger partial charge < -0.3 is 18.8 Å². The number of ether oxygens (including phenoxy) is 3. The van der Waals surface area contributed by atoms with Crippen LogP contribution in [0.1, 0.15) is 31.5 Å². The molecule has 0 bridgehead atoms. The lowest BCUT2D eigenvalue weighted by atomic mass is 10.1. The molecular weight excluding hydrogens is 402 g/mol. The molecule has 3 rings (SSSR count). The molecule has 0 saturated heterocycles. The molecule has 1 heterocycles. The largest absolute Gasteiger partial charge is 0.492 e. The van der Waals surface area contributed by atoms with Crippen LogP contribution in [0.5, 0.6) is 5.75 Å². The number of esters is 1. The smallest absolute Gasteiger partial charge is 0.335 e. The third-order valence-electron chi connectivity index (χ3n) is 5.27. The van der Waals surface area contributed by atoms with Crippen molar-refractivity contribution in [3.8, 4) is 17.0 Å². The Bertz CT molecular complexity index is 963. The van der Waals surface area contributed by atoms with Gasteiger partial charge in [-0.2, -0.15) is 0 Å². The van der Waals surface area contributed by atoms with Gasteiger partial charge in [0, 0.05) is 24.4 Å². The fourth-order valence-corrected chi connectivity index (χ4v) is 3.62. The van der Waals surface area contributed by atoms with E-state index in [1.54, 1.807) is 6.92 Å². The summed E-state index contributed by atoms with van der Waals surface area (Å²) in [6.07, 6.45) is 0.771. The number of benzene rings is 2. The molecule has 0 aliphatic heterocycles. The molecule has 3 aromatic rings. The zero-order valence-electron chi connectivity index (χ0n) is 19.3. The van der Waals surface area contributed by atoms with Crippen molar-refractivity contribution in [2.45, 2.75) is 46.3 Å². The predicted molar refractivity (Wildman–Crippen MR) is 127 cm³/mol. The Labute approximate surface area is 190 Å². The lowest BCUT2D eigenvalue weighted by Crippen LogP contribution is -2.29. The highest BCUT2D eigenvalue weighted by Crippen LogP contribution is 2.22. The second kappa shape index (κ2) is 12.1. The van der Waals surface area contributed by atoms with Gasteiger partial charge in [-0.25, -0.2) is 4.79 Å². The first-order chi connectivity index (χ1) is 15.6.